The molecule has 0 aliphatic carbocycles. The molecule has 4 nitrogen and oxygen atoms in total. The maximum absolute atomic E-state index is 14.3. The smallest absolute Gasteiger partial charge is 0.247 e. The minimum atomic E-state index is -0.406. The zero-order valence-corrected chi connectivity index (χ0v) is 12.0. The van der Waals surface area contributed by atoms with E-state index < -0.39 is 6.17 Å². The summed E-state index contributed by atoms with van der Waals surface area (Å²) in [6.45, 7) is 0.804. The van der Waals surface area contributed by atoms with Crippen LogP contribution in [-0.4, -0.2) is 28.4 Å². The Bertz CT molecular complexity index is 706. The first kappa shape index (κ1) is 13.4. The van der Waals surface area contributed by atoms with Gasteiger partial charge in [0.2, 0.25) is 5.91 Å². The summed E-state index contributed by atoms with van der Waals surface area (Å²) in [7, 11) is 0. The number of amides is 1. The van der Waals surface area contributed by atoms with Gasteiger partial charge in [0.25, 0.3) is 0 Å². The monoisotopic (exact) mass is 297 g/mol. The van der Waals surface area contributed by atoms with Gasteiger partial charge in [-0.25, -0.2) is 9.37 Å². The Hall–Kier alpha value is -2.27. The number of fused-ring (bicyclic) bond motifs is 1. The summed E-state index contributed by atoms with van der Waals surface area (Å²) in [6.07, 6.45) is 3.05. The first-order valence-corrected chi connectivity index (χ1v) is 7.51. The van der Waals surface area contributed by atoms with Crippen LogP contribution in [-0.2, 0) is 4.79 Å². The average molecular weight is 297 g/mol. The number of nitrogens with zero attached hydrogens (tertiary/aromatic N) is 3. The lowest BCUT2D eigenvalue weighted by Gasteiger charge is -2.29. The Balaban J connectivity index is 1.84. The van der Waals surface area contributed by atoms with Gasteiger partial charge in [0.05, 0.1) is 6.04 Å². The van der Waals surface area contributed by atoms with Gasteiger partial charge in [-0.05, 0) is 31.0 Å². The van der Waals surface area contributed by atoms with Crippen molar-refractivity contribution in [2.24, 2.45) is 0 Å². The van der Waals surface area contributed by atoms with Crippen LogP contribution in [0.3, 0.4) is 0 Å². The maximum atomic E-state index is 14.3. The van der Waals surface area contributed by atoms with Crippen LogP contribution in [0, 0.1) is 5.82 Å². The van der Waals surface area contributed by atoms with Crippen LogP contribution < -0.4 is 4.90 Å². The SMILES string of the molecule is O=C1C2CCCN2C(c2ccccc2F)N1c1ccccn1. The normalized spacial score (nSPS) is 24.8. The van der Waals surface area contributed by atoms with Gasteiger partial charge in [0, 0.05) is 18.3 Å². The third kappa shape index (κ3) is 1.93. The van der Waals surface area contributed by atoms with Crippen LogP contribution in [0.1, 0.15) is 24.6 Å². The molecule has 2 aliphatic heterocycles. The Morgan fingerprint density at radius 3 is 2.73 bits per heavy atom. The molecule has 0 N–H and O–H groups in total. The molecule has 3 heterocycles. The predicted octanol–water partition coefficient (Wildman–Crippen LogP) is 2.73. The Kier molecular flexibility index (Phi) is 3.15. The summed E-state index contributed by atoms with van der Waals surface area (Å²) in [5, 5.41) is 0. The standard InChI is InChI=1S/C17H16FN3O/c18-13-7-2-1-6-12(13)16-20-11-5-8-14(20)17(22)21(16)15-9-3-4-10-19-15/h1-4,6-7,9-10,14,16H,5,8,11H2. The molecule has 1 amide bonds. The third-order valence-electron chi connectivity index (χ3n) is 4.45. The highest BCUT2D eigenvalue weighted by molar-refractivity contribution is 5.99. The highest BCUT2D eigenvalue weighted by Gasteiger charge is 2.50. The lowest BCUT2D eigenvalue weighted by molar-refractivity contribution is -0.119. The summed E-state index contributed by atoms with van der Waals surface area (Å²) in [4.78, 5) is 20.8. The summed E-state index contributed by atoms with van der Waals surface area (Å²) < 4.78 is 14.3. The van der Waals surface area contributed by atoms with Crippen molar-refractivity contribution >= 4 is 11.7 Å². The van der Waals surface area contributed by atoms with Crippen molar-refractivity contribution in [3.8, 4) is 0 Å². The average Bonchev–Trinajstić information content (AvgIpc) is 3.11. The minimum Gasteiger partial charge on any atom is -0.274 e. The van der Waals surface area contributed by atoms with Crippen molar-refractivity contribution in [1.29, 1.82) is 0 Å². The number of anilines is 1. The lowest BCUT2D eigenvalue weighted by atomic mass is 10.1. The lowest BCUT2D eigenvalue weighted by Crippen LogP contribution is -2.33. The molecule has 2 atom stereocenters. The van der Waals surface area contributed by atoms with Crippen molar-refractivity contribution < 1.29 is 9.18 Å². The number of benzene rings is 1. The molecule has 2 aliphatic rings. The quantitative estimate of drug-likeness (QED) is 0.855. The predicted molar refractivity (Wildman–Crippen MR) is 80.6 cm³/mol. The van der Waals surface area contributed by atoms with Gasteiger partial charge >= 0.3 is 0 Å². The van der Waals surface area contributed by atoms with Crippen LogP contribution in [0.4, 0.5) is 10.2 Å². The van der Waals surface area contributed by atoms with E-state index in [-0.39, 0.29) is 17.8 Å². The van der Waals surface area contributed by atoms with Crippen molar-refractivity contribution in [3.63, 3.8) is 0 Å². The Morgan fingerprint density at radius 2 is 1.95 bits per heavy atom. The molecule has 5 heteroatoms. The Morgan fingerprint density at radius 1 is 1.14 bits per heavy atom. The fourth-order valence-electron chi connectivity index (χ4n) is 3.51. The van der Waals surface area contributed by atoms with Crippen molar-refractivity contribution in [2.75, 3.05) is 11.4 Å². The zero-order valence-electron chi connectivity index (χ0n) is 12.0. The van der Waals surface area contributed by atoms with E-state index in [0.717, 1.165) is 19.4 Å². The number of halogens is 1. The molecule has 1 aromatic carbocycles. The zero-order chi connectivity index (χ0) is 15.1. The number of rotatable bonds is 2. The van der Waals surface area contributed by atoms with E-state index in [1.165, 1.54) is 6.07 Å². The van der Waals surface area contributed by atoms with Crippen LogP contribution in [0.15, 0.2) is 48.7 Å². The molecular formula is C17H16FN3O. The summed E-state index contributed by atoms with van der Waals surface area (Å²) in [5.41, 5.74) is 0.533. The molecular weight excluding hydrogens is 281 g/mol. The fourth-order valence-corrected chi connectivity index (χ4v) is 3.51. The molecule has 0 bridgehead atoms. The molecule has 0 saturated carbocycles. The number of carbonyl (C=O) groups is 1. The van der Waals surface area contributed by atoms with Gasteiger partial charge in [0.1, 0.15) is 17.8 Å². The maximum Gasteiger partial charge on any atom is 0.247 e. The molecule has 112 valence electrons. The van der Waals surface area contributed by atoms with E-state index in [1.54, 1.807) is 29.3 Å². The minimum absolute atomic E-state index is 0.0180. The molecule has 0 radical (unpaired) electrons. The van der Waals surface area contributed by atoms with Gasteiger partial charge in [-0.15, -0.1) is 0 Å². The summed E-state index contributed by atoms with van der Waals surface area (Å²) in [5.74, 6) is 0.313. The number of carbonyl (C=O) groups excluding carboxylic acids is 1. The van der Waals surface area contributed by atoms with Crippen molar-refractivity contribution in [3.05, 3.63) is 60.0 Å². The number of hydrogen-bond acceptors (Lipinski definition) is 3. The molecule has 1 aromatic heterocycles. The second kappa shape index (κ2) is 5.18. The van der Waals surface area contributed by atoms with Crippen molar-refractivity contribution in [2.45, 2.75) is 25.0 Å². The molecule has 2 unspecified atom stereocenters. The van der Waals surface area contributed by atoms with E-state index >= 15 is 0 Å². The van der Waals surface area contributed by atoms with Crippen LogP contribution in [0.5, 0.6) is 0 Å². The van der Waals surface area contributed by atoms with Crippen LogP contribution in [0.2, 0.25) is 0 Å². The molecule has 22 heavy (non-hydrogen) atoms. The highest BCUT2D eigenvalue weighted by atomic mass is 19.1. The topological polar surface area (TPSA) is 36.4 Å². The first-order valence-electron chi connectivity index (χ1n) is 7.51. The molecule has 0 spiro atoms. The van der Waals surface area contributed by atoms with E-state index in [4.69, 9.17) is 0 Å². The molecule has 4 rings (SSSR count). The van der Waals surface area contributed by atoms with E-state index in [1.807, 2.05) is 18.2 Å². The van der Waals surface area contributed by atoms with Gasteiger partial charge in [-0.1, -0.05) is 24.3 Å². The number of pyridine rings is 1. The second-order valence-corrected chi connectivity index (χ2v) is 5.69. The van der Waals surface area contributed by atoms with E-state index in [2.05, 4.69) is 9.88 Å². The van der Waals surface area contributed by atoms with Gasteiger partial charge in [0.15, 0.2) is 0 Å². The third-order valence-corrected chi connectivity index (χ3v) is 4.45. The summed E-state index contributed by atoms with van der Waals surface area (Å²) in [6, 6.07) is 12.0. The second-order valence-electron chi connectivity index (χ2n) is 5.69. The van der Waals surface area contributed by atoms with Crippen LogP contribution in [0.25, 0.3) is 0 Å². The molecule has 2 aromatic rings. The largest absolute Gasteiger partial charge is 0.274 e. The summed E-state index contributed by atoms with van der Waals surface area (Å²) >= 11 is 0. The van der Waals surface area contributed by atoms with Gasteiger partial charge in [-0.2, -0.15) is 0 Å². The van der Waals surface area contributed by atoms with Crippen LogP contribution >= 0.6 is 0 Å². The van der Waals surface area contributed by atoms with E-state index in [9.17, 15) is 9.18 Å². The fraction of sp³-hybridized carbons (Fsp3) is 0.294. The highest BCUT2D eigenvalue weighted by Crippen LogP contribution is 2.42. The molecule has 2 saturated heterocycles. The Labute approximate surface area is 128 Å². The van der Waals surface area contributed by atoms with E-state index in [0.29, 0.717) is 11.4 Å². The van der Waals surface area contributed by atoms with Gasteiger partial charge in [-0.3, -0.25) is 14.6 Å². The number of hydrogen-bond donors (Lipinski definition) is 0. The van der Waals surface area contributed by atoms with Gasteiger partial charge < -0.3 is 0 Å². The number of aromatic nitrogens is 1. The molecule has 2 fully saturated rings. The first-order chi connectivity index (χ1) is 10.8. The van der Waals surface area contributed by atoms with Crippen molar-refractivity contribution in [1.82, 2.24) is 9.88 Å².